The summed E-state index contributed by atoms with van der Waals surface area (Å²) in [4.78, 5) is 2.45. The fourth-order valence-corrected chi connectivity index (χ4v) is 5.96. The predicted molar refractivity (Wildman–Crippen MR) is 164 cm³/mol. The van der Waals surface area contributed by atoms with E-state index < -0.39 is 6.36 Å². The summed E-state index contributed by atoms with van der Waals surface area (Å²) in [5.74, 6) is 1.45. The molecule has 0 atom stereocenters. The van der Waals surface area contributed by atoms with Crippen LogP contribution in [0.2, 0.25) is 0 Å². The van der Waals surface area contributed by atoms with Gasteiger partial charge in [-0.2, -0.15) is 0 Å². The molecular formula is C34H40F3N3O3. The number of fused-ring (bicyclic) bond motifs is 1. The molecule has 9 heteroatoms. The molecule has 43 heavy (non-hydrogen) atoms. The lowest BCUT2D eigenvalue weighted by Crippen LogP contribution is -2.37. The van der Waals surface area contributed by atoms with Crippen LogP contribution < -0.4 is 19.9 Å². The fourth-order valence-electron chi connectivity index (χ4n) is 5.96. The zero-order chi connectivity index (χ0) is 30.6. The smallest absolute Gasteiger partial charge is 0.497 e. The van der Waals surface area contributed by atoms with Crippen molar-refractivity contribution < 1.29 is 27.4 Å². The standard InChI is InChI=1S/C34H40F3N3O3/c1-4-25-19-27(43-34(35,36)37)7-8-30(25)32-22-40(13-5-12-38)33-9-6-24(18-31(32)33)21-39-14-10-26(11-15-39)42-29-17-23(2)16-28(20-29)41-3/h6-9,16-20,22,26H,4-5,10-15,21,38H2,1-3H3. The summed E-state index contributed by atoms with van der Waals surface area (Å²) in [6, 6.07) is 17.2. The van der Waals surface area contributed by atoms with E-state index in [2.05, 4.69) is 38.6 Å². The summed E-state index contributed by atoms with van der Waals surface area (Å²) >= 11 is 0. The van der Waals surface area contributed by atoms with Gasteiger partial charge in [-0.3, -0.25) is 4.90 Å². The number of halogens is 3. The fraction of sp³-hybridized carbons (Fsp3) is 0.412. The Hall–Kier alpha value is -3.69. The molecule has 1 aliphatic heterocycles. The molecule has 0 amide bonds. The van der Waals surface area contributed by atoms with E-state index in [-0.39, 0.29) is 11.9 Å². The number of ether oxygens (including phenoxy) is 3. The van der Waals surface area contributed by atoms with Gasteiger partial charge >= 0.3 is 6.36 Å². The molecule has 0 spiro atoms. The molecule has 6 nitrogen and oxygen atoms in total. The van der Waals surface area contributed by atoms with Crippen molar-refractivity contribution >= 4 is 10.9 Å². The molecule has 2 N–H and O–H groups in total. The van der Waals surface area contributed by atoms with Gasteiger partial charge in [0.15, 0.2) is 0 Å². The van der Waals surface area contributed by atoms with Crippen LogP contribution in [0.5, 0.6) is 17.2 Å². The van der Waals surface area contributed by atoms with Crippen LogP contribution in [0.4, 0.5) is 13.2 Å². The third kappa shape index (κ3) is 7.64. The summed E-state index contributed by atoms with van der Waals surface area (Å²) in [5.41, 5.74) is 11.9. The maximum absolute atomic E-state index is 12.9. The third-order valence-corrected chi connectivity index (χ3v) is 8.03. The Kier molecular flexibility index (Phi) is 9.52. The zero-order valence-corrected chi connectivity index (χ0v) is 25.0. The highest BCUT2D eigenvalue weighted by atomic mass is 19.4. The summed E-state index contributed by atoms with van der Waals surface area (Å²) in [6.07, 6.45) is 0.810. The molecule has 0 bridgehead atoms. The highest BCUT2D eigenvalue weighted by molar-refractivity contribution is 5.97. The van der Waals surface area contributed by atoms with Crippen LogP contribution in [0.1, 0.15) is 42.9 Å². The van der Waals surface area contributed by atoms with Gasteiger partial charge in [0.2, 0.25) is 0 Å². The average Bonchev–Trinajstić information content (AvgIpc) is 3.33. The number of aryl methyl sites for hydroxylation is 3. The molecule has 230 valence electrons. The summed E-state index contributed by atoms with van der Waals surface area (Å²) in [7, 11) is 1.67. The van der Waals surface area contributed by atoms with Gasteiger partial charge in [0.25, 0.3) is 0 Å². The quantitative estimate of drug-likeness (QED) is 0.195. The van der Waals surface area contributed by atoms with E-state index in [4.69, 9.17) is 15.2 Å². The second-order valence-electron chi connectivity index (χ2n) is 11.2. The molecular weight excluding hydrogens is 555 g/mol. The van der Waals surface area contributed by atoms with Crippen molar-refractivity contribution in [3.8, 4) is 28.4 Å². The Labute approximate surface area is 251 Å². The molecule has 1 aromatic heterocycles. The van der Waals surface area contributed by atoms with Gasteiger partial charge in [-0.15, -0.1) is 13.2 Å². The molecule has 2 heterocycles. The minimum atomic E-state index is -4.73. The monoisotopic (exact) mass is 595 g/mol. The van der Waals surface area contributed by atoms with E-state index >= 15 is 0 Å². The summed E-state index contributed by atoms with van der Waals surface area (Å²) in [6.45, 7) is 7.99. The Morgan fingerprint density at radius 2 is 1.70 bits per heavy atom. The highest BCUT2D eigenvalue weighted by Gasteiger charge is 2.31. The number of aromatic nitrogens is 1. The molecule has 0 aliphatic carbocycles. The Morgan fingerprint density at radius 1 is 0.930 bits per heavy atom. The Bertz CT molecular complexity index is 1540. The van der Waals surface area contributed by atoms with Crippen LogP contribution in [0.15, 0.2) is 60.8 Å². The number of methoxy groups -OCH3 is 1. The Balaban J connectivity index is 1.35. The van der Waals surface area contributed by atoms with Gasteiger partial charge < -0.3 is 24.5 Å². The van der Waals surface area contributed by atoms with Gasteiger partial charge in [-0.1, -0.05) is 19.1 Å². The number of hydrogen-bond acceptors (Lipinski definition) is 5. The lowest BCUT2D eigenvalue weighted by Gasteiger charge is -2.32. The second kappa shape index (κ2) is 13.3. The first kappa shape index (κ1) is 30.8. The first-order valence-electron chi connectivity index (χ1n) is 14.9. The lowest BCUT2D eigenvalue weighted by molar-refractivity contribution is -0.274. The van der Waals surface area contributed by atoms with E-state index in [1.165, 1.54) is 17.7 Å². The second-order valence-corrected chi connectivity index (χ2v) is 11.2. The summed E-state index contributed by atoms with van der Waals surface area (Å²) in [5, 5.41) is 1.08. The lowest BCUT2D eigenvalue weighted by atomic mass is 9.96. The van der Waals surface area contributed by atoms with Crippen molar-refractivity contribution in [2.45, 2.75) is 65.1 Å². The number of alkyl halides is 3. The molecule has 4 aromatic rings. The van der Waals surface area contributed by atoms with E-state index in [1.807, 2.05) is 32.0 Å². The van der Waals surface area contributed by atoms with Gasteiger partial charge in [0.1, 0.15) is 23.4 Å². The van der Waals surface area contributed by atoms with Crippen molar-refractivity contribution in [1.82, 2.24) is 9.47 Å². The number of piperidine rings is 1. The number of rotatable bonds is 11. The van der Waals surface area contributed by atoms with Gasteiger partial charge in [-0.25, -0.2) is 0 Å². The number of hydrogen-bond donors (Lipinski definition) is 1. The molecule has 3 aromatic carbocycles. The van der Waals surface area contributed by atoms with Crippen molar-refractivity contribution in [3.05, 3.63) is 77.5 Å². The maximum atomic E-state index is 12.9. The minimum absolute atomic E-state index is 0.158. The Morgan fingerprint density at radius 3 is 2.40 bits per heavy atom. The van der Waals surface area contributed by atoms with Gasteiger partial charge in [-0.05, 0) is 97.8 Å². The number of nitrogens with two attached hydrogens (primary N) is 1. The minimum Gasteiger partial charge on any atom is -0.497 e. The molecule has 0 radical (unpaired) electrons. The highest BCUT2D eigenvalue weighted by Crippen LogP contribution is 2.37. The van der Waals surface area contributed by atoms with Gasteiger partial charge in [0.05, 0.1) is 7.11 Å². The third-order valence-electron chi connectivity index (χ3n) is 8.03. The van der Waals surface area contributed by atoms with Crippen LogP contribution in [0.3, 0.4) is 0 Å². The molecule has 1 aliphatic rings. The number of benzene rings is 3. The van der Waals surface area contributed by atoms with E-state index in [1.54, 1.807) is 13.2 Å². The van der Waals surface area contributed by atoms with Crippen molar-refractivity contribution in [2.75, 3.05) is 26.7 Å². The zero-order valence-electron chi connectivity index (χ0n) is 25.0. The average molecular weight is 596 g/mol. The first-order valence-corrected chi connectivity index (χ1v) is 14.9. The van der Waals surface area contributed by atoms with Crippen LogP contribution in [-0.4, -0.2) is 48.7 Å². The summed E-state index contributed by atoms with van der Waals surface area (Å²) < 4.78 is 56.7. The van der Waals surface area contributed by atoms with E-state index in [0.717, 1.165) is 90.1 Å². The van der Waals surface area contributed by atoms with Crippen molar-refractivity contribution in [3.63, 3.8) is 0 Å². The van der Waals surface area contributed by atoms with E-state index in [0.29, 0.717) is 13.0 Å². The molecule has 0 saturated carbocycles. The van der Waals surface area contributed by atoms with Gasteiger partial charge in [0, 0.05) is 54.9 Å². The van der Waals surface area contributed by atoms with Crippen LogP contribution in [0.25, 0.3) is 22.0 Å². The predicted octanol–water partition coefficient (Wildman–Crippen LogP) is 7.48. The molecule has 1 saturated heterocycles. The molecule has 0 unspecified atom stereocenters. The van der Waals surface area contributed by atoms with E-state index in [9.17, 15) is 13.2 Å². The van der Waals surface area contributed by atoms with Crippen LogP contribution >= 0.6 is 0 Å². The van der Waals surface area contributed by atoms with Crippen molar-refractivity contribution in [1.29, 1.82) is 0 Å². The van der Waals surface area contributed by atoms with Crippen LogP contribution in [0, 0.1) is 6.92 Å². The molecule has 1 fully saturated rings. The molecule has 5 rings (SSSR count). The van der Waals surface area contributed by atoms with Crippen LogP contribution in [-0.2, 0) is 19.5 Å². The largest absolute Gasteiger partial charge is 0.573 e. The topological polar surface area (TPSA) is 61.9 Å². The SMILES string of the molecule is CCc1cc(OC(F)(F)F)ccc1-c1cn(CCCN)c2ccc(CN3CCC(Oc4cc(C)cc(OC)c4)CC3)cc12. The first-order chi connectivity index (χ1) is 20.6. The maximum Gasteiger partial charge on any atom is 0.573 e. The number of likely N-dealkylation sites (tertiary alicyclic amines) is 1. The number of nitrogens with zero attached hydrogens (tertiary/aromatic N) is 2. The van der Waals surface area contributed by atoms with Crippen molar-refractivity contribution in [2.24, 2.45) is 5.73 Å². The normalized spacial score (nSPS) is 14.8.